The molecule has 0 bridgehead atoms. The van der Waals surface area contributed by atoms with E-state index in [0.29, 0.717) is 28.2 Å². The lowest BCUT2D eigenvalue weighted by molar-refractivity contribution is -0.123. The van der Waals surface area contributed by atoms with E-state index in [1.54, 1.807) is 6.07 Å². The number of benzene rings is 2. The lowest BCUT2D eigenvalue weighted by Crippen LogP contribution is -2.24. The smallest absolute Gasteiger partial charge is 0.277 e. The number of furan rings is 1. The molecule has 0 saturated heterocycles. The second kappa shape index (κ2) is 10.1. The summed E-state index contributed by atoms with van der Waals surface area (Å²) in [5.41, 5.74) is 5.57. The fraction of sp³-hybridized carbons (Fsp3) is 0.250. The molecule has 0 radical (unpaired) electrons. The van der Waals surface area contributed by atoms with Crippen molar-refractivity contribution in [2.75, 3.05) is 6.61 Å². The Balaban J connectivity index is 1.49. The molecule has 1 unspecified atom stereocenters. The standard InChI is InChI=1S/C24H25ClN2O3/c1-4-16(2)18-7-9-20(10-8-18)29-15-24(28)27-26-14-21-11-12-23(30-21)19-6-5-17(3)22(25)13-19/h5-14,16H,4,15H2,1-3H3,(H,27,28). The van der Waals surface area contributed by atoms with Crippen molar-refractivity contribution in [2.45, 2.75) is 33.1 Å². The van der Waals surface area contributed by atoms with Crippen LogP contribution in [-0.2, 0) is 4.79 Å². The molecule has 1 aromatic heterocycles. The zero-order valence-electron chi connectivity index (χ0n) is 17.3. The van der Waals surface area contributed by atoms with E-state index in [0.717, 1.165) is 17.5 Å². The van der Waals surface area contributed by atoms with Crippen molar-refractivity contribution in [3.05, 3.63) is 76.5 Å². The lowest BCUT2D eigenvalue weighted by Gasteiger charge is -2.10. The summed E-state index contributed by atoms with van der Waals surface area (Å²) in [7, 11) is 0. The van der Waals surface area contributed by atoms with Gasteiger partial charge >= 0.3 is 0 Å². The molecule has 1 heterocycles. The van der Waals surface area contributed by atoms with Crippen molar-refractivity contribution in [3.8, 4) is 17.1 Å². The number of nitrogens with one attached hydrogen (secondary N) is 1. The van der Waals surface area contributed by atoms with Gasteiger partial charge in [-0.3, -0.25) is 4.79 Å². The minimum Gasteiger partial charge on any atom is -0.484 e. The van der Waals surface area contributed by atoms with Crippen LogP contribution in [0.25, 0.3) is 11.3 Å². The van der Waals surface area contributed by atoms with Crippen molar-refractivity contribution >= 4 is 23.7 Å². The van der Waals surface area contributed by atoms with Crippen molar-refractivity contribution in [1.82, 2.24) is 5.43 Å². The Morgan fingerprint density at radius 2 is 1.97 bits per heavy atom. The van der Waals surface area contributed by atoms with Crippen LogP contribution < -0.4 is 10.2 Å². The first kappa shape index (κ1) is 21.7. The maximum Gasteiger partial charge on any atom is 0.277 e. The lowest BCUT2D eigenvalue weighted by atomic mass is 9.99. The molecule has 3 rings (SSSR count). The molecule has 5 nitrogen and oxygen atoms in total. The van der Waals surface area contributed by atoms with Crippen LogP contribution >= 0.6 is 11.6 Å². The van der Waals surface area contributed by atoms with Crippen molar-refractivity contribution in [1.29, 1.82) is 0 Å². The van der Waals surface area contributed by atoms with Crippen LogP contribution in [0.1, 0.15) is 43.1 Å². The Labute approximate surface area is 181 Å². The highest BCUT2D eigenvalue weighted by Crippen LogP contribution is 2.26. The molecule has 0 aliphatic carbocycles. The maximum atomic E-state index is 11.9. The van der Waals surface area contributed by atoms with E-state index in [1.807, 2.05) is 55.5 Å². The van der Waals surface area contributed by atoms with Gasteiger partial charge in [0.2, 0.25) is 0 Å². The monoisotopic (exact) mass is 424 g/mol. The molecule has 2 aromatic carbocycles. The van der Waals surface area contributed by atoms with Crippen LogP contribution in [0, 0.1) is 6.92 Å². The van der Waals surface area contributed by atoms with Gasteiger partial charge in [0.25, 0.3) is 5.91 Å². The first-order valence-electron chi connectivity index (χ1n) is 9.87. The summed E-state index contributed by atoms with van der Waals surface area (Å²) in [5, 5.41) is 4.60. The number of carbonyl (C=O) groups excluding carboxylic acids is 1. The van der Waals surface area contributed by atoms with Crippen molar-refractivity contribution in [3.63, 3.8) is 0 Å². The third-order valence-corrected chi connectivity index (χ3v) is 5.30. The molecule has 3 aromatic rings. The highest BCUT2D eigenvalue weighted by molar-refractivity contribution is 6.31. The van der Waals surface area contributed by atoms with Crippen molar-refractivity contribution in [2.24, 2.45) is 5.10 Å². The Morgan fingerprint density at radius 1 is 1.20 bits per heavy atom. The number of hydrogen-bond donors (Lipinski definition) is 1. The molecular weight excluding hydrogens is 400 g/mol. The Hall–Kier alpha value is -3.05. The molecule has 1 N–H and O–H groups in total. The van der Waals surface area contributed by atoms with Crippen molar-refractivity contribution < 1.29 is 13.9 Å². The van der Waals surface area contributed by atoms with Crippen LogP contribution in [0.3, 0.4) is 0 Å². The number of ether oxygens (including phenoxy) is 1. The molecule has 1 amide bonds. The van der Waals surface area contributed by atoms with Gasteiger partial charge in [0.1, 0.15) is 17.3 Å². The third-order valence-electron chi connectivity index (χ3n) is 4.90. The van der Waals surface area contributed by atoms with Gasteiger partial charge < -0.3 is 9.15 Å². The fourth-order valence-corrected chi connectivity index (χ4v) is 2.98. The predicted octanol–water partition coefficient (Wildman–Crippen LogP) is 5.95. The third kappa shape index (κ3) is 5.74. The van der Waals surface area contributed by atoms with E-state index >= 15 is 0 Å². The molecule has 156 valence electrons. The van der Waals surface area contributed by atoms with Gasteiger partial charge in [0, 0.05) is 10.6 Å². The molecule has 0 saturated carbocycles. The van der Waals surface area contributed by atoms with Gasteiger partial charge in [-0.1, -0.05) is 49.7 Å². The number of hydrogen-bond acceptors (Lipinski definition) is 4. The van der Waals surface area contributed by atoms with E-state index in [2.05, 4.69) is 24.4 Å². The molecule has 0 spiro atoms. The number of carbonyl (C=O) groups is 1. The SMILES string of the molecule is CCC(C)c1ccc(OCC(=O)NN=Cc2ccc(-c3ccc(C)c(Cl)c3)o2)cc1. The van der Waals surface area contributed by atoms with Gasteiger partial charge in [-0.25, -0.2) is 5.43 Å². The van der Waals surface area contributed by atoms with Crippen LogP contribution in [0.4, 0.5) is 0 Å². The van der Waals surface area contributed by atoms with Crippen LogP contribution in [0.15, 0.2) is 64.1 Å². The number of aryl methyl sites for hydroxylation is 1. The second-order valence-electron chi connectivity index (χ2n) is 7.13. The first-order valence-corrected chi connectivity index (χ1v) is 10.2. The molecule has 0 aliphatic rings. The summed E-state index contributed by atoms with van der Waals surface area (Å²) < 4.78 is 11.2. The molecule has 6 heteroatoms. The molecular formula is C24H25ClN2O3. The summed E-state index contributed by atoms with van der Waals surface area (Å²) in [5.74, 6) is 1.99. The molecule has 30 heavy (non-hydrogen) atoms. The highest BCUT2D eigenvalue weighted by Gasteiger charge is 2.07. The quantitative estimate of drug-likeness (QED) is 0.359. The van der Waals surface area contributed by atoms with Gasteiger partial charge in [0.05, 0.1) is 6.21 Å². The normalized spacial score (nSPS) is 12.1. The summed E-state index contributed by atoms with van der Waals surface area (Å²) in [6.45, 7) is 6.16. The van der Waals surface area contributed by atoms with E-state index < -0.39 is 0 Å². The Bertz CT molecular complexity index is 1030. The molecule has 0 aliphatic heterocycles. The number of halogens is 1. The first-order chi connectivity index (χ1) is 14.5. The molecule has 1 atom stereocenters. The van der Waals surface area contributed by atoms with E-state index in [4.69, 9.17) is 20.8 Å². The van der Waals surface area contributed by atoms with Gasteiger partial charge in [-0.15, -0.1) is 0 Å². The predicted molar refractivity (Wildman–Crippen MR) is 120 cm³/mol. The van der Waals surface area contributed by atoms with Crippen LogP contribution in [0.2, 0.25) is 5.02 Å². The number of nitrogens with zero attached hydrogens (tertiary/aromatic N) is 1. The summed E-state index contributed by atoms with van der Waals surface area (Å²) in [6, 6.07) is 17.1. The van der Waals surface area contributed by atoms with E-state index in [9.17, 15) is 4.79 Å². The number of amides is 1. The number of hydrazone groups is 1. The van der Waals surface area contributed by atoms with Crippen LogP contribution in [-0.4, -0.2) is 18.7 Å². The summed E-state index contributed by atoms with van der Waals surface area (Å²) in [4.78, 5) is 11.9. The average Bonchev–Trinajstić information content (AvgIpc) is 3.23. The highest BCUT2D eigenvalue weighted by atomic mass is 35.5. The minimum atomic E-state index is -0.352. The van der Waals surface area contributed by atoms with Gasteiger partial charge in [-0.05, 0) is 60.7 Å². The zero-order valence-corrected chi connectivity index (χ0v) is 18.1. The van der Waals surface area contributed by atoms with E-state index in [1.165, 1.54) is 11.8 Å². The van der Waals surface area contributed by atoms with Crippen LogP contribution in [0.5, 0.6) is 5.75 Å². The average molecular weight is 425 g/mol. The summed E-state index contributed by atoms with van der Waals surface area (Å²) in [6.07, 6.45) is 2.52. The fourth-order valence-electron chi connectivity index (χ4n) is 2.80. The maximum absolute atomic E-state index is 11.9. The van der Waals surface area contributed by atoms with E-state index in [-0.39, 0.29) is 12.5 Å². The minimum absolute atomic E-state index is 0.120. The number of rotatable bonds is 8. The molecule has 0 fully saturated rings. The van der Waals surface area contributed by atoms with Gasteiger partial charge in [0.15, 0.2) is 6.61 Å². The largest absolute Gasteiger partial charge is 0.484 e. The Morgan fingerprint density at radius 3 is 2.67 bits per heavy atom. The summed E-state index contributed by atoms with van der Waals surface area (Å²) >= 11 is 6.16. The zero-order chi connectivity index (χ0) is 21.5. The Kier molecular flexibility index (Phi) is 7.31. The van der Waals surface area contributed by atoms with Gasteiger partial charge in [-0.2, -0.15) is 5.10 Å². The second-order valence-corrected chi connectivity index (χ2v) is 7.53. The topological polar surface area (TPSA) is 63.8 Å².